The molecule has 0 saturated carbocycles. The molecule has 4 atom stereocenters. The maximum absolute atomic E-state index is 14.2. The predicted molar refractivity (Wildman–Crippen MR) is 164 cm³/mol. The van der Waals surface area contributed by atoms with Gasteiger partial charge in [-0.05, 0) is 65.9 Å². The number of halogens is 3. The molecular formula is C34H43F3N4O3. The summed E-state index contributed by atoms with van der Waals surface area (Å²) in [5, 5.41) is 11.3. The van der Waals surface area contributed by atoms with Gasteiger partial charge in [-0.3, -0.25) is 9.69 Å². The van der Waals surface area contributed by atoms with Crippen LogP contribution in [0.1, 0.15) is 66.7 Å². The Morgan fingerprint density at radius 1 is 1.07 bits per heavy atom. The first-order valence-electron chi connectivity index (χ1n) is 15.5. The lowest BCUT2D eigenvalue weighted by molar-refractivity contribution is -0.138. The van der Waals surface area contributed by atoms with Crippen molar-refractivity contribution in [3.63, 3.8) is 0 Å². The fourth-order valence-corrected chi connectivity index (χ4v) is 6.15. The number of aryl methyl sites for hydroxylation is 1. The van der Waals surface area contributed by atoms with Crippen LogP contribution in [0.15, 0.2) is 59.9 Å². The van der Waals surface area contributed by atoms with Gasteiger partial charge in [0.05, 0.1) is 23.8 Å². The van der Waals surface area contributed by atoms with E-state index in [9.17, 15) is 23.1 Å². The molecule has 1 aliphatic heterocycles. The minimum absolute atomic E-state index is 0.0570. The minimum atomic E-state index is -4.55. The largest absolute Gasteiger partial charge is 0.457 e. The van der Waals surface area contributed by atoms with Crippen molar-refractivity contribution in [3.05, 3.63) is 87.7 Å². The number of piperazine rings is 1. The van der Waals surface area contributed by atoms with E-state index in [-0.39, 0.29) is 35.5 Å². The van der Waals surface area contributed by atoms with E-state index in [4.69, 9.17) is 10.5 Å². The van der Waals surface area contributed by atoms with Crippen molar-refractivity contribution >= 4 is 5.91 Å². The zero-order chi connectivity index (χ0) is 31.8. The van der Waals surface area contributed by atoms with Crippen LogP contribution >= 0.6 is 0 Å². The number of rotatable bonds is 10. The van der Waals surface area contributed by atoms with Crippen LogP contribution in [0.2, 0.25) is 0 Å². The van der Waals surface area contributed by atoms with Gasteiger partial charge in [-0.25, -0.2) is 0 Å². The first kappa shape index (κ1) is 32.2. The second-order valence-electron chi connectivity index (χ2n) is 12.1. The Morgan fingerprint density at radius 3 is 2.41 bits per heavy atom. The average molecular weight is 613 g/mol. The molecule has 2 aromatic carbocycles. The SMILES string of the molecule is CCC(=O)N(C)C1C=C(Oc2cc(C(O)C(N)c3ccc(CN4CCN(CC)CC4)c(C(F)(F)F)c3)ccc2C)C2=CC2C1. The summed E-state index contributed by atoms with van der Waals surface area (Å²) < 4.78 is 48.9. The number of carbonyl (C=O) groups is 1. The van der Waals surface area contributed by atoms with E-state index in [0.717, 1.165) is 43.3 Å². The van der Waals surface area contributed by atoms with Gasteiger partial charge >= 0.3 is 6.18 Å². The molecule has 2 aliphatic carbocycles. The van der Waals surface area contributed by atoms with Gasteiger partial charge in [0.1, 0.15) is 11.5 Å². The van der Waals surface area contributed by atoms with E-state index in [2.05, 4.69) is 17.9 Å². The van der Waals surface area contributed by atoms with Gasteiger partial charge in [-0.2, -0.15) is 13.2 Å². The maximum Gasteiger partial charge on any atom is 0.416 e. The summed E-state index contributed by atoms with van der Waals surface area (Å²) in [5.41, 5.74) is 8.46. The van der Waals surface area contributed by atoms with Gasteiger partial charge < -0.3 is 25.4 Å². The van der Waals surface area contributed by atoms with Crippen molar-refractivity contribution in [1.82, 2.24) is 14.7 Å². The van der Waals surface area contributed by atoms with Crippen molar-refractivity contribution < 1.29 is 27.8 Å². The summed E-state index contributed by atoms with van der Waals surface area (Å²) >= 11 is 0. The zero-order valence-electron chi connectivity index (χ0n) is 25.9. The summed E-state index contributed by atoms with van der Waals surface area (Å²) in [5.74, 6) is 1.52. The molecule has 1 saturated heterocycles. The number of carbonyl (C=O) groups excluding carboxylic acids is 1. The van der Waals surface area contributed by atoms with Crippen LogP contribution in [0.4, 0.5) is 13.2 Å². The number of fused-ring (bicyclic) bond motifs is 1. The lowest BCUT2D eigenvalue weighted by Crippen LogP contribution is -2.45. The number of nitrogens with zero attached hydrogens (tertiary/aromatic N) is 3. The molecule has 4 unspecified atom stereocenters. The third kappa shape index (κ3) is 7.04. The number of allylic oxidation sites excluding steroid dienone is 2. The van der Waals surface area contributed by atoms with E-state index in [0.29, 0.717) is 36.6 Å². The lowest BCUT2D eigenvalue weighted by atomic mass is 9.92. The van der Waals surface area contributed by atoms with Gasteiger partial charge in [0.25, 0.3) is 0 Å². The van der Waals surface area contributed by atoms with Crippen molar-refractivity contribution in [2.45, 2.75) is 64.5 Å². The molecule has 0 radical (unpaired) electrons. The second kappa shape index (κ2) is 13.0. The molecule has 0 bridgehead atoms. The van der Waals surface area contributed by atoms with E-state index in [1.165, 1.54) is 6.07 Å². The highest BCUT2D eigenvalue weighted by Crippen LogP contribution is 2.45. The average Bonchev–Trinajstić information content (AvgIpc) is 3.81. The number of likely N-dealkylation sites (N-methyl/N-ethyl adjacent to an activating group) is 2. The molecule has 10 heteroatoms. The Bertz CT molecular complexity index is 1430. The highest BCUT2D eigenvalue weighted by atomic mass is 19.4. The van der Waals surface area contributed by atoms with Crippen LogP contribution in [-0.4, -0.2) is 71.5 Å². The molecule has 0 spiro atoms. The van der Waals surface area contributed by atoms with Gasteiger partial charge in [-0.1, -0.05) is 44.2 Å². The van der Waals surface area contributed by atoms with Crippen LogP contribution in [0, 0.1) is 12.8 Å². The fraction of sp³-hybridized carbons (Fsp3) is 0.500. The van der Waals surface area contributed by atoms with Crippen LogP contribution in [0.5, 0.6) is 5.75 Å². The fourth-order valence-electron chi connectivity index (χ4n) is 6.15. The molecule has 1 heterocycles. The highest BCUT2D eigenvalue weighted by Gasteiger charge is 2.39. The number of ether oxygens (including phenoxy) is 1. The first-order valence-corrected chi connectivity index (χ1v) is 15.5. The summed E-state index contributed by atoms with van der Waals surface area (Å²) in [6, 6.07) is 8.20. The molecule has 1 fully saturated rings. The second-order valence-corrected chi connectivity index (χ2v) is 12.1. The Hall–Kier alpha value is -3.18. The smallest absolute Gasteiger partial charge is 0.416 e. The zero-order valence-corrected chi connectivity index (χ0v) is 25.9. The number of aliphatic hydroxyl groups excluding tert-OH is 1. The van der Waals surface area contributed by atoms with E-state index in [1.54, 1.807) is 36.2 Å². The van der Waals surface area contributed by atoms with E-state index < -0.39 is 23.9 Å². The normalized spacial score (nSPS) is 22.0. The summed E-state index contributed by atoms with van der Waals surface area (Å²) in [7, 11) is 1.80. The summed E-state index contributed by atoms with van der Waals surface area (Å²) in [6.45, 7) is 10.0. The Balaban J connectivity index is 1.33. The van der Waals surface area contributed by atoms with Crippen LogP contribution in [0.3, 0.4) is 0 Å². The van der Waals surface area contributed by atoms with E-state index >= 15 is 0 Å². The number of benzene rings is 2. The number of hydrogen-bond acceptors (Lipinski definition) is 6. The first-order chi connectivity index (χ1) is 20.9. The topological polar surface area (TPSA) is 82.3 Å². The van der Waals surface area contributed by atoms with E-state index in [1.807, 2.05) is 24.8 Å². The molecule has 5 rings (SSSR count). The van der Waals surface area contributed by atoms with Gasteiger partial charge in [-0.15, -0.1) is 0 Å². The monoisotopic (exact) mass is 612 g/mol. The molecule has 3 N–H and O–H groups in total. The van der Waals surface area contributed by atoms with Crippen LogP contribution in [-0.2, 0) is 17.5 Å². The number of hydrogen-bond donors (Lipinski definition) is 2. The standard InChI is InChI=1S/C34H43F3N4O3/c1-5-31(42)39(4)26-15-25-16-27(25)30(19-26)44-29-18-23(8-7-21(29)3)33(43)32(38)22-9-10-24(28(17-22)34(35,36)37)20-41-13-11-40(6-2)12-14-41/h7-10,16-19,25-26,32-33,43H,5-6,11-15,20,38H2,1-4H3. The van der Waals surface area contributed by atoms with Gasteiger partial charge in [0.2, 0.25) is 5.91 Å². The van der Waals surface area contributed by atoms with Crippen LogP contribution in [0.25, 0.3) is 0 Å². The Kier molecular flexibility index (Phi) is 9.55. The number of alkyl halides is 3. The quantitative estimate of drug-likeness (QED) is 0.377. The summed E-state index contributed by atoms with van der Waals surface area (Å²) in [6.07, 6.45) is -0.492. The van der Waals surface area contributed by atoms with Crippen molar-refractivity contribution in [2.24, 2.45) is 11.7 Å². The highest BCUT2D eigenvalue weighted by molar-refractivity contribution is 5.76. The third-order valence-corrected chi connectivity index (χ3v) is 9.23. The lowest BCUT2D eigenvalue weighted by Gasteiger charge is -2.34. The molecule has 0 aromatic heterocycles. The summed E-state index contributed by atoms with van der Waals surface area (Å²) in [4.78, 5) is 18.4. The Labute approximate surface area is 257 Å². The van der Waals surface area contributed by atoms with Crippen molar-refractivity contribution in [2.75, 3.05) is 39.8 Å². The Morgan fingerprint density at radius 2 is 1.75 bits per heavy atom. The molecule has 7 nitrogen and oxygen atoms in total. The molecule has 44 heavy (non-hydrogen) atoms. The molecule has 2 aromatic rings. The molecule has 1 amide bonds. The van der Waals surface area contributed by atoms with Gasteiger partial charge in [0.15, 0.2) is 0 Å². The molecule has 3 aliphatic rings. The third-order valence-electron chi connectivity index (χ3n) is 9.23. The minimum Gasteiger partial charge on any atom is -0.457 e. The number of nitrogens with two attached hydrogens (primary N) is 1. The predicted octanol–water partition coefficient (Wildman–Crippen LogP) is 5.34. The molecule has 238 valence electrons. The van der Waals surface area contributed by atoms with Crippen molar-refractivity contribution in [1.29, 1.82) is 0 Å². The van der Waals surface area contributed by atoms with Crippen LogP contribution < -0.4 is 10.5 Å². The van der Waals surface area contributed by atoms with Crippen molar-refractivity contribution in [3.8, 4) is 5.75 Å². The maximum atomic E-state index is 14.2. The number of amides is 1. The number of aliphatic hydroxyl groups is 1. The molecular weight excluding hydrogens is 569 g/mol. The van der Waals surface area contributed by atoms with Gasteiger partial charge in [0, 0.05) is 52.1 Å².